The molecule has 5 heteroatoms. The van der Waals surface area contributed by atoms with Crippen molar-refractivity contribution in [3.63, 3.8) is 0 Å². The topological polar surface area (TPSA) is 46.2 Å². The first-order chi connectivity index (χ1) is 10.2. The summed E-state index contributed by atoms with van der Waals surface area (Å²) in [7, 11) is 0. The van der Waals surface area contributed by atoms with E-state index >= 15 is 0 Å². The first-order valence-corrected chi connectivity index (χ1v) is 7.44. The Morgan fingerprint density at radius 1 is 0.810 bits per heavy atom. The van der Waals surface area contributed by atoms with Crippen LogP contribution in [0.1, 0.15) is 20.7 Å². The highest BCUT2D eigenvalue weighted by Crippen LogP contribution is 2.29. The molecular formula is C16H10ClNO2S. The maximum absolute atomic E-state index is 12.4. The van der Waals surface area contributed by atoms with E-state index in [0.29, 0.717) is 11.1 Å². The average Bonchev–Trinajstić information content (AvgIpc) is 2.54. The van der Waals surface area contributed by atoms with Crippen molar-refractivity contribution >= 4 is 35.1 Å². The molecule has 0 unspecified atom stereocenters. The number of Topliss-reactive ketones (excluding diaryl/α,β-unsaturated/α-hetero) is 2. The van der Waals surface area contributed by atoms with Crippen LogP contribution in [0.3, 0.4) is 0 Å². The molecule has 0 atom stereocenters. The number of ketones is 2. The molecule has 0 radical (unpaired) electrons. The van der Waals surface area contributed by atoms with Gasteiger partial charge in [-0.2, -0.15) is 0 Å². The van der Waals surface area contributed by atoms with Crippen LogP contribution in [-0.2, 0) is 0 Å². The predicted octanol–water partition coefficient (Wildman–Crippen LogP) is 3.81. The highest BCUT2D eigenvalue weighted by atomic mass is 35.5. The third-order valence-electron chi connectivity index (χ3n) is 3.08. The van der Waals surface area contributed by atoms with E-state index in [1.165, 1.54) is 11.9 Å². The molecule has 3 nitrogen and oxygen atoms in total. The molecule has 0 saturated heterocycles. The van der Waals surface area contributed by atoms with E-state index in [1.807, 2.05) is 30.3 Å². The maximum atomic E-state index is 12.4. The van der Waals surface area contributed by atoms with Gasteiger partial charge in [-0.3, -0.25) is 9.59 Å². The summed E-state index contributed by atoms with van der Waals surface area (Å²) in [6.07, 6.45) is 0. The summed E-state index contributed by atoms with van der Waals surface area (Å²) in [5.41, 5.74) is 0.861. The minimum absolute atomic E-state index is 0.0675. The van der Waals surface area contributed by atoms with Gasteiger partial charge in [0.15, 0.2) is 0 Å². The third kappa shape index (κ3) is 2.60. The van der Waals surface area contributed by atoms with Crippen molar-refractivity contribution in [3.05, 3.63) is 76.5 Å². The van der Waals surface area contributed by atoms with Crippen LogP contribution >= 0.6 is 23.5 Å². The fourth-order valence-corrected chi connectivity index (χ4v) is 3.03. The molecule has 0 aliphatic heterocycles. The molecule has 2 aromatic rings. The zero-order valence-electron chi connectivity index (χ0n) is 10.8. The summed E-state index contributed by atoms with van der Waals surface area (Å²) < 4.78 is 2.90. The molecule has 0 amide bonds. The minimum Gasteiger partial charge on any atom is -0.321 e. The third-order valence-corrected chi connectivity index (χ3v) is 4.25. The number of hydrogen-bond donors (Lipinski definition) is 1. The predicted molar refractivity (Wildman–Crippen MR) is 83.4 cm³/mol. The molecular weight excluding hydrogens is 306 g/mol. The number of allylic oxidation sites excluding steroid dienone is 2. The zero-order chi connectivity index (χ0) is 14.8. The second kappa shape index (κ2) is 5.76. The van der Waals surface area contributed by atoms with Crippen LogP contribution < -0.4 is 4.72 Å². The van der Waals surface area contributed by atoms with Crippen LogP contribution in [0.25, 0.3) is 0 Å². The largest absolute Gasteiger partial charge is 0.321 e. The summed E-state index contributed by atoms with van der Waals surface area (Å²) in [6, 6.07) is 16.2. The average molecular weight is 316 g/mol. The molecule has 1 aliphatic carbocycles. The van der Waals surface area contributed by atoms with Crippen molar-refractivity contribution in [2.45, 2.75) is 4.90 Å². The summed E-state index contributed by atoms with van der Waals surface area (Å²) in [4.78, 5) is 25.5. The summed E-state index contributed by atoms with van der Waals surface area (Å²) in [6.45, 7) is 0. The molecule has 2 aromatic carbocycles. The van der Waals surface area contributed by atoms with Crippen LogP contribution in [0.5, 0.6) is 0 Å². The van der Waals surface area contributed by atoms with Crippen molar-refractivity contribution in [1.82, 2.24) is 4.72 Å². The summed E-state index contributed by atoms with van der Waals surface area (Å²) >= 11 is 7.30. The van der Waals surface area contributed by atoms with Crippen molar-refractivity contribution in [2.24, 2.45) is 0 Å². The van der Waals surface area contributed by atoms with Crippen LogP contribution in [0, 0.1) is 0 Å². The highest BCUT2D eigenvalue weighted by Gasteiger charge is 2.31. The Morgan fingerprint density at radius 3 is 2.05 bits per heavy atom. The van der Waals surface area contributed by atoms with Crippen molar-refractivity contribution in [2.75, 3.05) is 0 Å². The van der Waals surface area contributed by atoms with Crippen LogP contribution in [0.4, 0.5) is 0 Å². The number of nitrogens with one attached hydrogen (secondary N) is 1. The molecule has 104 valence electrons. The van der Waals surface area contributed by atoms with Gasteiger partial charge in [0.1, 0.15) is 10.7 Å². The Morgan fingerprint density at radius 2 is 1.38 bits per heavy atom. The molecule has 0 fully saturated rings. The highest BCUT2D eigenvalue weighted by molar-refractivity contribution is 7.97. The molecule has 0 spiro atoms. The lowest BCUT2D eigenvalue weighted by atomic mass is 9.93. The lowest BCUT2D eigenvalue weighted by Crippen LogP contribution is -2.25. The van der Waals surface area contributed by atoms with E-state index in [1.54, 1.807) is 24.3 Å². The van der Waals surface area contributed by atoms with Crippen LogP contribution in [-0.4, -0.2) is 11.6 Å². The quantitative estimate of drug-likeness (QED) is 0.875. The second-order valence-electron chi connectivity index (χ2n) is 4.41. The fourth-order valence-electron chi connectivity index (χ4n) is 2.03. The molecule has 1 aliphatic rings. The normalized spacial score (nSPS) is 14.1. The molecule has 1 N–H and O–H groups in total. The standard InChI is InChI=1S/C16H10ClNO2S/c17-13-14(18-21-10-6-2-1-3-7-10)16(20)12-9-5-4-8-11(12)15(13)19/h1-9,18H. The van der Waals surface area contributed by atoms with E-state index in [9.17, 15) is 9.59 Å². The second-order valence-corrected chi connectivity index (χ2v) is 5.67. The smallest absolute Gasteiger partial charge is 0.212 e. The molecule has 3 rings (SSSR count). The molecule has 0 aromatic heterocycles. The lowest BCUT2D eigenvalue weighted by Gasteiger charge is -2.18. The first kappa shape index (κ1) is 13.9. The van der Waals surface area contributed by atoms with E-state index in [4.69, 9.17) is 11.6 Å². The monoisotopic (exact) mass is 315 g/mol. The maximum Gasteiger partial charge on any atom is 0.212 e. The van der Waals surface area contributed by atoms with Crippen molar-refractivity contribution in [3.8, 4) is 0 Å². The van der Waals surface area contributed by atoms with Crippen LogP contribution in [0.2, 0.25) is 0 Å². The number of rotatable bonds is 3. The number of benzene rings is 2. The fraction of sp³-hybridized carbons (Fsp3) is 0. The van der Waals surface area contributed by atoms with Crippen molar-refractivity contribution < 1.29 is 9.59 Å². The van der Waals surface area contributed by atoms with Gasteiger partial charge in [0, 0.05) is 16.0 Å². The van der Waals surface area contributed by atoms with Gasteiger partial charge in [-0.1, -0.05) is 54.1 Å². The first-order valence-electron chi connectivity index (χ1n) is 6.24. The Balaban J connectivity index is 1.90. The summed E-state index contributed by atoms with van der Waals surface area (Å²) in [5.74, 6) is -0.596. The van der Waals surface area contributed by atoms with Crippen LogP contribution in [0.15, 0.2) is 70.2 Å². The minimum atomic E-state index is -0.331. The van der Waals surface area contributed by atoms with Gasteiger partial charge in [0.2, 0.25) is 11.6 Å². The van der Waals surface area contributed by atoms with Crippen molar-refractivity contribution in [1.29, 1.82) is 0 Å². The van der Waals surface area contributed by atoms with Gasteiger partial charge >= 0.3 is 0 Å². The zero-order valence-corrected chi connectivity index (χ0v) is 12.4. The number of carbonyl (C=O) groups is 2. The number of fused-ring (bicyclic) bond motifs is 1. The van der Waals surface area contributed by atoms with Gasteiger partial charge in [0.25, 0.3) is 0 Å². The van der Waals surface area contributed by atoms with Gasteiger partial charge < -0.3 is 4.72 Å². The Hall–Kier alpha value is -2.04. The van der Waals surface area contributed by atoms with E-state index in [-0.39, 0.29) is 22.3 Å². The molecule has 0 bridgehead atoms. The lowest BCUT2D eigenvalue weighted by molar-refractivity contribution is 0.0978. The van der Waals surface area contributed by atoms with Gasteiger partial charge in [-0.15, -0.1) is 0 Å². The SMILES string of the molecule is O=C1C(Cl)=C(NSc2ccccc2)C(=O)c2ccccc21. The number of halogens is 1. The molecule has 0 saturated carbocycles. The number of carbonyl (C=O) groups excluding carboxylic acids is 2. The molecule has 21 heavy (non-hydrogen) atoms. The Bertz CT molecular complexity index is 756. The van der Waals surface area contributed by atoms with E-state index in [0.717, 1.165) is 4.90 Å². The Kier molecular flexibility index (Phi) is 3.82. The number of hydrogen-bond acceptors (Lipinski definition) is 4. The Labute approximate surface area is 131 Å². The summed E-state index contributed by atoms with van der Waals surface area (Å²) in [5, 5.41) is -0.0675. The molecule has 0 heterocycles. The van der Waals surface area contributed by atoms with E-state index in [2.05, 4.69) is 4.72 Å². The van der Waals surface area contributed by atoms with Gasteiger partial charge in [-0.25, -0.2) is 0 Å². The van der Waals surface area contributed by atoms with Gasteiger partial charge in [-0.05, 0) is 24.1 Å². The van der Waals surface area contributed by atoms with E-state index < -0.39 is 0 Å². The van der Waals surface area contributed by atoms with Gasteiger partial charge in [0.05, 0.1) is 0 Å².